The lowest BCUT2D eigenvalue weighted by atomic mass is 10.0. The summed E-state index contributed by atoms with van der Waals surface area (Å²) in [6, 6.07) is 11.0. The third-order valence-corrected chi connectivity index (χ3v) is 4.32. The molecule has 8 nitrogen and oxygen atoms in total. The van der Waals surface area contributed by atoms with Crippen LogP contribution in [0.25, 0.3) is 11.1 Å². The SMILES string of the molecule is CC(=O)NCC1CN(c2ccc(-c3ccc(/C(N)=N/O)cc3)c(F)c2)C(=O)O1. The number of amides is 2. The Balaban J connectivity index is 1.77. The summed E-state index contributed by atoms with van der Waals surface area (Å²) in [5.74, 6) is -0.765. The number of oxime groups is 1. The average molecular weight is 386 g/mol. The lowest BCUT2D eigenvalue weighted by Crippen LogP contribution is -2.33. The van der Waals surface area contributed by atoms with Gasteiger partial charge in [-0.2, -0.15) is 0 Å². The highest BCUT2D eigenvalue weighted by atomic mass is 19.1. The quantitative estimate of drug-likeness (QED) is 0.315. The standard InChI is InChI=1S/C19H19FN4O4/c1-11(25)22-9-15-10-24(19(26)28-15)14-6-7-16(17(20)8-14)12-2-4-13(5-3-12)18(21)23-27/h2-8,15,27H,9-10H2,1H3,(H2,21,23)(H,22,25). The Labute approximate surface area is 160 Å². The van der Waals surface area contributed by atoms with Gasteiger partial charge in [0.1, 0.15) is 11.9 Å². The van der Waals surface area contributed by atoms with Crippen molar-refractivity contribution in [1.82, 2.24) is 5.32 Å². The molecule has 1 aliphatic heterocycles. The van der Waals surface area contributed by atoms with E-state index in [2.05, 4.69) is 10.5 Å². The predicted octanol–water partition coefficient (Wildman–Crippen LogP) is 2.05. The van der Waals surface area contributed by atoms with Crippen molar-refractivity contribution in [3.8, 4) is 11.1 Å². The van der Waals surface area contributed by atoms with E-state index in [9.17, 15) is 14.0 Å². The van der Waals surface area contributed by atoms with Gasteiger partial charge in [-0.3, -0.25) is 9.69 Å². The normalized spacial score (nSPS) is 16.8. The summed E-state index contributed by atoms with van der Waals surface area (Å²) >= 11 is 0. The van der Waals surface area contributed by atoms with E-state index < -0.39 is 18.0 Å². The summed E-state index contributed by atoms with van der Waals surface area (Å²) in [5.41, 5.74) is 7.34. The number of halogens is 1. The van der Waals surface area contributed by atoms with E-state index >= 15 is 0 Å². The van der Waals surface area contributed by atoms with Crippen LogP contribution in [-0.2, 0) is 9.53 Å². The molecule has 2 amide bonds. The molecule has 1 fully saturated rings. The molecule has 2 aromatic carbocycles. The molecule has 0 saturated carbocycles. The lowest BCUT2D eigenvalue weighted by molar-refractivity contribution is -0.119. The minimum atomic E-state index is -0.592. The van der Waals surface area contributed by atoms with Gasteiger partial charge >= 0.3 is 6.09 Å². The largest absolute Gasteiger partial charge is 0.442 e. The number of ether oxygens (including phenoxy) is 1. The van der Waals surface area contributed by atoms with Crippen LogP contribution in [0.1, 0.15) is 12.5 Å². The molecule has 0 aliphatic carbocycles. The van der Waals surface area contributed by atoms with Crippen LogP contribution in [0.4, 0.5) is 14.9 Å². The van der Waals surface area contributed by atoms with E-state index in [-0.39, 0.29) is 24.8 Å². The highest BCUT2D eigenvalue weighted by molar-refractivity contribution is 5.97. The van der Waals surface area contributed by atoms with E-state index in [4.69, 9.17) is 15.7 Å². The van der Waals surface area contributed by atoms with Gasteiger partial charge in [0.25, 0.3) is 0 Å². The van der Waals surface area contributed by atoms with Gasteiger partial charge in [-0.15, -0.1) is 0 Å². The minimum absolute atomic E-state index is 0.0382. The first-order valence-electron chi connectivity index (χ1n) is 8.49. The first kappa shape index (κ1) is 19.2. The summed E-state index contributed by atoms with van der Waals surface area (Å²) in [4.78, 5) is 24.4. The van der Waals surface area contributed by atoms with Crippen molar-refractivity contribution in [3.63, 3.8) is 0 Å². The van der Waals surface area contributed by atoms with Gasteiger partial charge in [-0.1, -0.05) is 29.4 Å². The Morgan fingerprint density at radius 1 is 1.36 bits per heavy atom. The summed E-state index contributed by atoms with van der Waals surface area (Å²) < 4.78 is 19.9. The fourth-order valence-corrected chi connectivity index (χ4v) is 2.88. The molecule has 1 aliphatic rings. The molecule has 0 radical (unpaired) electrons. The number of nitrogens with two attached hydrogens (primary N) is 1. The second-order valence-corrected chi connectivity index (χ2v) is 6.28. The number of benzene rings is 2. The van der Waals surface area contributed by atoms with Gasteiger partial charge in [0, 0.05) is 18.1 Å². The number of hydrogen-bond donors (Lipinski definition) is 3. The van der Waals surface area contributed by atoms with E-state index in [0.29, 0.717) is 22.4 Å². The van der Waals surface area contributed by atoms with Crippen molar-refractivity contribution in [1.29, 1.82) is 0 Å². The Hall–Kier alpha value is -3.62. The molecule has 1 saturated heterocycles. The number of amidine groups is 1. The third-order valence-electron chi connectivity index (χ3n) is 4.32. The van der Waals surface area contributed by atoms with Crippen molar-refractivity contribution in [2.45, 2.75) is 13.0 Å². The highest BCUT2D eigenvalue weighted by Crippen LogP contribution is 2.29. The molecular formula is C19H19FN4O4. The van der Waals surface area contributed by atoms with Crippen LogP contribution in [0.5, 0.6) is 0 Å². The molecule has 3 rings (SSSR count). The maximum Gasteiger partial charge on any atom is 0.414 e. The van der Waals surface area contributed by atoms with Crippen molar-refractivity contribution >= 4 is 23.5 Å². The molecule has 1 atom stereocenters. The lowest BCUT2D eigenvalue weighted by Gasteiger charge is -2.14. The van der Waals surface area contributed by atoms with Crippen LogP contribution in [0.2, 0.25) is 0 Å². The Kier molecular flexibility index (Phi) is 5.44. The van der Waals surface area contributed by atoms with E-state index in [1.807, 2.05) is 0 Å². The number of hydrogen-bond acceptors (Lipinski definition) is 5. The maximum absolute atomic E-state index is 14.7. The van der Waals surface area contributed by atoms with Gasteiger partial charge in [0.15, 0.2) is 5.84 Å². The van der Waals surface area contributed by atoms with Gasteiger partial charge in [0.05, 0.1) is 18.8 Å². The molecule has 4 N–H and O–H groups in total. The van der Waals surface area contributed by atoms with Gasteiger partial charge in [-0.05, 0) is 23.8 Å². The Bertz CT molecular complexity index is 930. The van der Waals surface area contributed by atoms with Crippen LogP contribution >= 0.6 is 0 Å². The predicted molar refractivity (Wildman–Crippen MR) is 101 cm³/mol. The number of anilines is 1. The first-order valence-corrected chi connectivity index (χ1v) is 8.49. The molecule has 1 unspecified atom stereocenters. The smallest absolute Gasteiger partial charge is 0.414 e. The van der Waals surface area contributed by atoms with Crippen LogP contribution in [0, 0.1) is 5.82 Å². The maximum atomic E-state index is 14.7. The van der Waals surface area contributed by atoms with E-state index in [0.717, 1.165) is 0 Å². The van der Waals surface area contributed by atoms with Gasteiger partial charge in [-0.25, -0.2) is 9.18 Å². The molecule has 28 heavy (non-hydrogen) atoms. The van der Waals surface area contributed by atoms with E-state index in [1.54, 1.807) is 36.4 Å². The number of rotatable bonds is 5. The molecular weight excluding hydrogens is 367 g/mol. The van der Waals surface area contributed by atoms with E-state index in [1.165, 1.54) is 17.9 Å². The van der Waals surface area contributed by atoms with Crippen molar-refractivity contribution in [2.24, 2.45) is 10.9 Å². The number of carbonyl (C=O) groups excluding carboxylic acids is 2. The average Bonchev–Trinajstić information content (AvgIpc) is 3.06. The number of cyclic esters (lactones) is 1. The monoisotopic (exact) mass is 386 g/mol. The third kappa shape index (κ3) is 4.03. The molecule has 0 aromatic heterocycles. The molecule has 0 spiro atoms. The number of nitrogens with zero attached hydrogens (tertiary/aromatic N) is 2. The Morgan fingerprint density at radius 2 is 2.07 bits per heavy atom. The van der Waals surface area contributed by atoms with Gasteiger partial charge in [0.2, 0.25) is 5.91 Å². The minimum Gasteiger partial charge on any atom is -0.442 e. The zero-order valence-corrected chi connectivity index (χ0v) is 15.1. The van der Waals surface area contributed by atoms with Crippen molar-refractivity contribution < 1.29 is 23.9 Å². The fourth-order valence-electron chi connectivity index (χ4n) is 2.88. The Morgan fingerprint density at radius 3 is 2.68 bits per heavy atom. The van der Waals surface area contributed by atoms with Gasteiger partial charge < -0.3 is 21.0 Å². The second-order valence-electron chi connectivity index (χ2n) is 6.28. The van der Waals surface area contributed by atoms with Crippen LogP contribution in [0.3, 0.4) is 0 Å². The molecule has 146 valence electrons. The van der Waals surface area contributed by atoms with Crippen LogP contribution in [0.15, 0.2) is 47.6 Å². The summed E-state index contributed by atoms with van der Waals surface area (Å²) in [7, 11) is 0. The summed E-state index contributed by atoms with van der Waals surface area (Å²) in [6.45, 7) is 1.79. The molecule has 2 aromatic rings. The zero-order valence-electron chi connectivity index (χ0n) is 15.1. The topological polar surface area (TPSA) is 117 Å². The molecule has 9 heteroatoms. The van der Waals surface area contributed by atoms with Crippen molar-refractivity contribution in [2.75, 3.05) is 18.0 Å². The molecule has 0 bridgehead atoms. The summed E-state index contributed by atoms with van der Waals surface area (Å²) in [6.07, 6.45) is -1.09. The number of nitrogens with one attached hydrogen (secondary N) is 1. The van der Waals surface area contributed by atoms with Crippen molar-refractivity contribution in [3.05, 3.63) is 53.8 Å². The number of carbonyl (C=O) groups is 2. The fraction of sp³-hybridized carbons (Fsp3) is 0.211. The second kappa shape index (κ2) is 7.95. The molecule has 1 heterocycles. The van der Waals surface area contributed by atoms with Crippen LogP contribution in [-0.4, -0.2) is 42.2 Å². The summed E-state index contributed by atoms with van der Waals surface area (Å²) in [5, 5.41) is 14.2. The highest BCUT2D eigenvalue weighted by Gasteiger charge is 2.32. The first-order chi connectivity index (χ1) is 13.4. The van der Waals surface area contributed by atoms with Crippen LogP contribution < -0.4 is 16.0 Å². The zero-order chi connectivity index (χ0) is 20.3.